The lowest BCUT2D eigenvalue weighted by Gasteiger charge is -2.33. The Labute approximate surface area is 147 Å². The van der Waals surface area contributed by atoms with E-state index in [4.69, 9.17) is 4.74 Å². The maximum Gasteiger partial charge on any atom is 0.220 e. The first-order valence-electron chi connectivity index (χ1n) is 8.14. The lowest BCUT2D eigenvalue weighted by molar-refractivity contribution is -0.122. The SMILES string of the molecule is CCOCCCC(=O)NC1CNCCC1c1ccc(F)c(F)c1.Cl. The van der Waals surface area contributed by atoms with Crippen LogP contribution in [0.25, 0.3) is 0 Å². The number of carbonyl (C=O) groups excluding carboxylic acids is 1. The highest BCUT2D eigenvalue weighted by molar-refractivity contribution is 5.85. The van der Waals surface area contributed by atoms with Crippen LogP contribution in [0.4, 0.5) is 8.78 Å². The zero-order valence-electron chi connectivity index (χ0n) is 13.8. The molecule has 1 aromatic carbocycles. The Kier molecular flexibility index (Phi) is 9.18. The van der Waals surface area contributed by atoms with Gasteiger partial charge in [0, 0.05) is 38.1 Å². The van der Waals surface area contributed by atoms with E-state index in [0.717, 1.165) is 24.6 Å². The average molecular weight is 363 g/mol. The molecule has 0 spiro atoms. The van der Waals surface area contributed by atoms with E-state index in [1.54, 1.807) is 6.07 Å². The number of hydrogen-bond acceptors (Lipinski definition) is 3. The molecule has 1 aliphatic rings. The van der Waals surface area contributed by atoms with Crippen LogP contribution in [0.1, 0.15) is 37.7 Å². The van der Waals surface area contributed by atoms with Gasteiger partial charge in [0.2, 0.25) is 5.91 Å². The summed E-state index contributed by atoms with van der Waals surface area (Å²) in [6.45, 7) is 4.55. The van der Waals surface area contributed by atoms with E-state index in [9.17, 15) is 13.6 Å². The van der Waals surface area contributed by atoms with E-state index in [2.05, 4.69) is 10.6 Å². The number of rotatable bonds is 7. The molecule has 0 aromatic heterocycles. The minimum absolute atomic E-state index is 0. The first-order chi connectivity index (χ1) is 11.1. The third kappa shape index (κ3) is 6.00. The smallest absolute Gasteiger partial charge is 0.220 e. The van der Waals surface area contributed by atoms with Gasteiger partial charge in [-0.05, 0) is 44.0 Å². The second-order valence-electron chi connectivity index (χ2n) is 5.75. The fraction of sp³-hybridized carbons (Fsp3) is 0.588. The van der Waals surface area contributed by atoms with Crippen LogP contribution in [0, 0.1) is 11.6 Å². The third-order valence-corrected chi connectivity index (χ3v) is 4.10. The number of benzene rings is 1. The number of carbonyl (C=O) groups is 1. The summed E-state index contributed by atoms with van der Waals surface area (Å²) in [4.78, 5) is 12.0. The van der Waals surface area contributed by atoms with Crippen molar-refractivity contribution in [3.05, 3.63) is 35.4 Å². The number of hydrogen-bond donors (Lipinski definition) is 2. The Balaban J connectivity index is 0.00000288. The number of piperidine rings is 1. The fourth-order valence-electron chi connectivity index (χ4n) is 2.91. The molecule has 2 rings (SSSR count). The molecule has 7 heteroatoms. The molecule has 0 bridgehead atoms. The molecule has 0 radical (unpaired) electrons. The van der Waals surface area contributed by atoms with Gasteiger partial charge in [-0.1, -0.05) is 6.07 Å². The highest BCUT2D eigenvalue weighted by Gasteiger charge is 2.28. The fourth-order valence-corrected chi connectivity index (χ4v) is 2.91. The Morgan fingerprint density at radius 1 is 1.38 bits per heavy atom. The predicted molar refractivity (Wildman–Crippen MR) is 91.5 cm³/mol. The average Bonchev–Trinajstić information content (AvgIpc) is 2.55. The minimum Gasteiger partial charge on any atom is -0.382 e. The molecule has 1 fully saturated rings. The van der Waals surface area contributed by atoms with Crippen LogP contribution in [0.15, 0.2) is 18.2 Å². The van der Waals surface area contributed by atoms with Gasteiger partial charge in [0.1, 0.15) is 0 Å². The van der Waals surface area contributed by atoms with E-state index in [-0.39, 0.29) is 30.3 Å². The number of ether oxygens (including phenoxy) is 1. The highest BCUT2D eigenvalue weighted by atomic mass is 35.5. The van der Waals surface area contributed by atoms with Gasteiger partial charge in [-0.25, -0.2) is 8.78 Å². The molecule has 2 N–H and O–H groups in total. The summed E-state index contributed by atoms with van der Waals surface area (Å²) < 4.78 is 31.8. The lowest BCUT2D eigenvalue weighted by Crippen LogP contribution is -2.50. The van der Waals surface area contributed by atoms with Gasteiger partial charge in [-0.2, -0.15) is 0 Å². The molecule has 2 unspecified atom stereocenters. The quantitative estimate of drug-likeness (QED) is 0.733. The van der Waals surface area contributed by atoms with Crippen molar-refractivity contribution in [2.45, 2.75) is 38.1 Å². The summed E-state index contributed by atoms with van der Waals surface area (Å²) in [6.07, 6.45) is 1.85. The second-order valence-corrected chi connectivity index (χ2v) is 5.75. The van der Waals surface area contributed by atoms with Crippen molar-refractivity contribution in [3.63, 3.8) is 0 Å². The van der Waals surface area contributed by atoms with Crippen molar-refractivity contribution in [2.24, 2.45) is 0 Å². The Hall–Kier alpha value is -1.24. The van der Waals surface area contributed by atoms with E-state index >= 15 is 0 Å². The molecule has 136 valence electrons. The topological polar surface area (TPSA) is 50.4 Å². The number of amides is 1. The van der Waals surface area contributed by atoms with Gasteiger partial charge < -0.3 is 15.4 Å². The van der Waals surface area contributed by atoms with Crippen LogP contribution in [0.2, 0.25) is 0 Å². The van der Waals surface area contributed by atoms with E-state index in [1.165, 1.54) is 6.07 Å². The molecule has 1 aromatic rings. The first kappa shape index (κ1) is 20.8. The molecule has 4 nitrogen and oxygen atoms in total. The summed E-state index contributed by atoms with van der Waals surface area (Å²) in [5.41, 5.74) is 0.727. The van der Waals surface area contributed by atoms with E-state index < -0.39 is 11.6 Å². The molecular formula is C17H25ClF2N2O2. The van der Waals surface area contributed by atoms with Crippen LogP contribution >= 0.6 is 12.4 Å². The Morgan fingerprint density at radius 2 is 2.17 bits per heavy atom. The molecule has 1 aliphatic heterocycles. The molecule has 24 heavy (non-hydrogen) atoms. The third-order valence-electron chi connectivity index (χ3n) is 4.10. The number of halogens is 3. The van der Waals surface area contributed by atoms with Crippen molar-refractivity contribution in [1.29, 1.82) is 0 Å². The zero-order valence-corrected chi connectivity index (χ0v) is 14.6. The number of nitrogens with one attached hydrogen (secondary N) is 2. The van der Waals surface area contributed by atoms with Gasteiger partial charge in [0.05, 0.1) is 0 Å². The van der Waals surface area contributed by atoms with Crippen molar-refractivity contribution >= 4 is 18.3 Å². The van der Waals surface area contributed by atoms with Gasteiger partial charge in [-0.3, -0.25) is 4.79 Å². The lowest BCUT2D eigenvalue weighted by atomic mass is 9.86. The summed E-state index contributed by atoms with van der Waals surface area (Å²) in [7, 11) is 0. The largest absolute Gasteiger partial charge is 0.382 e. The summed E-state index contributed by atoms with van der Waals surface area (Å²) in [5, 5.41) is 6.24. The maximum absolute atomic E-state index is 13.5. The molecule has 0 saturated carbocycles. The van der Waals surface area contributed by atoms with Crippen LogP contribution in [0.5, 0.6) is 0 Å². The molecule has 0 aliphatic carbocycles. The van der Waals surface area contributed by atoms with Gasteiger partial charge in [0.25, 0.3) is 0 Å². The second kappa shape index (κ2) is 10.6. The summed E-state index contributed by atoms with van der Waals surface area (Å²) in [6, 6.07) is 3.86. The van der Waals surface area contributed by atoms with Crippen molar-refractivity contribution in [1.82, 2.24) is 10.6 Å². The van der Waals surface area contributed by atoms with Crippen LogP contribution in [0.3, 0.4) is 0 Å². The Morgan fingerprint density at radius 3 is 2.88 bits per heavy atom. The van der Waals surface area contributed by atoms with Crippen LogP contribution < -0.4 is 10.6 Å². The van der Waals surface area contributed by atoms with E-state index in [1.807, 2.05) is 6.92 Å². The molecule has 2 atom stereocenters. The standard InChI is InChI=1S/C17H24F2N2O2.ClH/c1-2-23-9-3-4-17(22)21-16-11-20-8-7-13(16)12-5-6-14(18)15(19)10-12;/h5-6,10,13,16,20H,2-4,7-9,11H2,1H3,(H,21,22);1H. The van der Waals surface area contributed by atoms with E-state index in [0.29, 0.717) is 32.6 Å². The predicted octanol–water partition coefficient (Wildman–Crippen LogP) is 2.77. The summed E-state index contributed by atoms with van der Waals surface area (Å²) >= 11 is 0. The molecular weight excluding hydrogens is 338 g/mol. The summed E-state index contributed by atoms with van der Waals surface area (Å²) in [5.74, 6) is -1.74. The molecule has 1 saturated heterocycles. The maximum atomic E-state index is 13.5. The minimum atomic E-state index is -0.848. The van der Waals surface area contributed by atoms with Crippen LogP contribution in [-0.4, -0.2) is 38.3 Å². The van der Waals surface area contributed by atoms with Crippen molar-refractivity contribution in [3.8, 4) is 0 Å². The van der Waals surface area contributed by atoms with Gasteiger partial charge in [0.15, 0.2) is 11.6 Å². The van der Waals surface area contributed by atoms with Gasteiger partial charge >= 0.3 is 0 Å². The molecule has 1 heterocycles. The zero-order chi connectivity index (χ0) is 16.7. The van der Waals surface area contributed by atoms with Gasteiger partial charge in [-0.15, -0.1) is 12.4 Å². The highest BCUT2D eigenvalue weighted by Crippen LogP contribution is 2.27. The van der Waals surface area contributed by atoms with Crippen molar-refractivity contribution < 1.29 is 18.3 Å². The normalized spacial score (nSPS) is 20.3. The monoisotopic (exact) mass is 362 g/mol. The molecule has 1 amide bonds. The van der Waals surface area contributed by atoms with Crippen molar-refractivity contribution in [2.75, 3.05) is 26.3 Å². The first-order valence-corrected chi connectivity index (χ1v) is 8.14. The van der Waals surface area contributed by atoms with Crippen LogP contribution in [-0.2, 0) is 9.53 Å². The Bertz CT molecular complexity index is 531.